The maximum Gasteiger partial charge on any atom is 0.234 e. The van der Waals surface area contributed by atoms with Gasteiger partial charge in [-0.05, 0) is 24.3 Å². The van der Waals surface area contributed by atoms with E-state index in [1.54, 1.807) is 30.6 Å². The number of pyridine rings is 1. The van der Waals surface area contributed by atoms with Crippen LogP contribution in [0.15, 0.2) is 53.9 Å². The topological polar surface area (TPSA) is 104 Å². The number of phenols is 1. The van der Waals surface area contributed by atoms with Gasteiger partial charge in [-0.1, -0.05) is 17.8 Å². The number of thioether (sulfide) groups is 1. The molecule has 116 valence electrons. The van der Waals surface area contributed by atoms with Crippen LogP contribution in [-0.2, 0) is 4.79 Å². The minimum absolute atomic E-state index is 0.103. The Bertz CT molecular complexity index is 806. The number of nitrogens with one attached hydrogen (secondary N) is 2. The number of rotatable bonds is 5. The molecule has 8 heteroatoms. The fourth-order valence-electron chi connectivity index (χ4n) is 1.86. The molecule has 0 aliphatic rings. The minimum Gasteiger partial charge on any atom is -0.508 e. The van der Waals surface area contributed by atoms with Crippen molar-refractivity contribution in [3.05, 3.63) is 48.8 Å². The summed E-state index contributed by atoms with van der Waals surface area (Å²) >= 11 is 1.22. The molecule has 0 aliphatic carbocycles. The van der Waals surface area contributed by atoms with Gasteiger partial charge >= 0.3 is 0 Å². The van der Waals surface area contributed by atoms with Crippen molar-refractivity contribution in [2.75, 3.05) is 11.1 Å². The van der Waals surface area contributed by atoms with E-state index >= 15 is 0 Å². The summed E-state index contributed by atoms with van der Waals surface area (Å²) in [5.41, 5.74) is 1.42. The van der Waals surface area contributed by atoms with Crippen molar-refractivity contribution in [2.45, 2.75) is 5.16 Å². The second kappa shape index (κ2) is 6.93. The van der Waals surface area contributed by atoms with E-state index in [1.165, 1.54) is 17.8 Å². The number of carbonyl (C=O) groups is 1. The predicted octanol–water partition coefficient (Wildman–Crippen LogP) is 2.30. The first kappa shape index (κ1) is 15.0. The molecule has 1 aromatic carbocycles. The van der Waals surface area contributed by atoms with Crippen LogP contribution in [0.3, 0.4) is 0 Å². The summed E-state index contributed by atoms with van der Waals surface area (Å²) in [5, 5.41) is 19.4. The quantitative estimate of drug-likeness (QED) is 0.621. The monoisotopic (exact) mass is 327 g/mol. The first-order valence-electron chi connectivity index (χ1n) is 6.75. The molecule has 1 amide bonds. The number of anilines is 1. The zero-order valence-electron chi connectivity index (χ0n) is 11.9. The molecule has 0 spiro atoms. The zero-order valence-corrected chi connectivity index (χ0v) is 12.7. The van der Waals surface area contributed by atoms with E-state index < -0.39 is 0 Å². The first-order valence-corrected chi connectivity index (χ1v) is 7.74. The summed E-state index contributed by atoms with van der Waals surface area (Å²) in [6.07, 6.45) is 3.35. The number of benzene rings is 1. The van der Waals surface area contributed by atoms with Gasteiger partial charge in [0.1, 0.15) is 5.75 Å². The standard InChI is InChI=1S/C15H13N5O2S/c21-12-3-1-2-11(8-12)17-13(22)9-23-15-18-14(19-20-15)10-4-6-16-7-5-10/h1-8,21H,9H2,(H,17,22)(H,18,19,20). The van der Waals surface area contributed by atoms with Gasteiger partial charge in [0.15, 0.2) is 5.82 Å². The van der Waals surface area contributed by atoms with Crippen molar-refractivity contribution in [2.24, 2.45) is 0 Å². The Kier molecular flexibility index (Phi) is 4.53. The number of aromatic nitrogens is 4. The molecule has 0 atom stereocenters. The summed E-state index contributed by atoms with van der Waals surface area (Å²) < 4.78 is 0. The van der Waals surface area contributed by atoms with Gasteiger partial charge in [0.2, 0.25) is 11.1 Å². The second-order valence-electron chi connectivity index (χ2n) is 4.59. The van der Waals surface area contributed by atoms with Crippen LogP contribution in [0.25, 0.3) is 11.4 Å². The molecule has 0 unspecified atom stereocenters. The molecule has 2 heterocycles. The molecule has 0 bridgehead atoms. The van der Waals surface area contributed by atoms with Crippen molar-refractivity contribution >= 4 is 23.4 Å². The average Bonchev–Trinajstić information content (AvgIpc) is 3.03. The van der Waals surface area contributed by atoms with Crippen LogP contribution in [0.2, 0.25) is 0 Å². The highest BCUT2D eigenvalue weighted by molar-refractivity contribution is 7.99. The van der Waals surface area contributed by atoms with E-state index in [0.29, 0.717) is 16.7 Å². The van der Waals surface area contributed by atoms with Crippen LogP contribution in [0.1, 0.15) is 0 Å². The smallest absolute Gasteiger partial charge is 0.234 e. The minimum atomic E-state index is -0.198. The first-order chi connectivity index (χ1) is 11.2. The number of hydrogen-bond donors (Lipinski definition) is 3. The van der Waals surface area contributed by atoms with Crippen LogP contribution in [-0.4, -0.2) is 36.9 Å². The number of H-pyrrole nitrogens is 1. The van der Waals surface area contributed by atoms with E-state index in [0.717, 1.165) is 5.56 Å². The normalized spacial score (nSPS) is 10.4. The lowest BCUT2D eigenvalue weighted by atomic mass is 10.3. The van der Waals surface area contributed by atoms with Gasteiger partial charge in [-0.2, -0.15) is 0 Å². The van der Waals surface area contributed by atoms with Gasteiger partial charge in [-0.3, -0.25) is 14.9 Å². The fraction of sp³-hybridized carbons (Fsp3) is 0.0667. The number of phenolic OH excluding ortho intramolecular Hbond substituents is 1. The van der Waals surface area contributed by atoms with Crippen LogP contribution in [0, 0.1) is 0 Å². The summed E-state index contributed by atoms with van der Waals surface area (Å²) in [5.74, 6) is 0.703. The third kappa shape index (κ3) is 4.07. The van der Waals surface area contributed by atoms with Crippen molar-refractivity contribution in [1.29, 1.82) is 0 Å². The molecule has 7 nitrogen and oxygen atoms in total. The number of nitrogens with zero attached hydrogens (tertiary/aromatic N) is 3. The predicted molar refractivity (Wildman–Crippen MR) is 87.1 cm³/mol. The molecule has 0 saturated carbocycles. The maximum atomic E-state index is 11.9. The maximum absolute atomic E-state index is 11.9. The van der Waals surface area contributed by atoms with Crippen molar-refractivity contribution in [1.82, 2.24) is 20.2 Å². The number of hydrogen-bond acceptors (Lipinski definition) is 6. The number of carbonyl (C=O) groups excluding carboxylic acids is 1. The molecule has 3 rings (SSSR count). The second-order valence-corrected chi connectivity index (χ2v) is 5.53. The Morgan fingerprint density at radius 2 is 2.09 bits per heavy atom. The molecule has 0 aliphatic heterocycles. The van der Waals surface area contributed by atoms with Crippen molar-refractivity contribution < 1.29 is 9.90 Å². The highest BCUT2D eigenvalue weighted by Gasteiger charge is 2.09. The highest BCUT2D eigenvalue weighted by Crippen LogP contribution is 2.19. The lowest BCUT2D eigenvalue weighted by Gasteiger charge is -2.04. The molecule has 0 radical (unpaired) electrons. The highest BCUT2D eigenvalue weighted by atomic mass is 32.2. The Labute approximate surface area is 136 Å². The van der Waals surface area contributed by atoms with E-state index in [-0.39, 0.29) is 17.4 Å². The average molecular weight is 327 g/mol. The van der Waals surface area contributed by atoms with Crippen molar-refractivity contribution in [3.8, 4) is 17.1 Å². The van der Waals surface area contributed by atoms with E-state index in [4.69, 9.17) is 0 Å². The number of amides is 1. The Hall–Kier alpha value is -2.87. The lowest BCUT2D eigenvalue weighted by molar-refractivity contribution is -0.113. The van der Waals surface area contributed by atoms with Gasteiger partial charge in [0.25, 0.3) is 0 Å². The lowest BCUT2D eigenvalue weighted by Crippen LogP contribution is -2.13. The molecular weight excluding hydrogens is 314 g/mol. The molecular formula is C15H13N5O2S. The van der Waals surface area contributed by atoms with Gasteiger partial charge in [-0.15, -0.1) is 5.10 Å². The van der Waals surface area contributed by atoms with Gasteiger partial charge in [0.05, 0.1) is 5.75 Å². The Morgan fingerprint density at radius 1 is 1.26 bits per heavy atom. The number of aromatic hydroxyl groups is 1. The van der Waals surface area contributed by atoms with E-state index in [1.807, 2.05) is 12.1 Å². The molecule has 3 aromatic rings. The van der Waals surface area contributed by atoms with Crippen molar-refractivity contribution in [3.63, 3.8) is 0 Å². The van der Waals surface area contributed by atoms with E-state index in [9.17, 15) is 9.90 Å². The molecule has 2 aromatic heterocycles. The van der Waals surface area contributed by atoms with Gasteiger partial charge in [0, 0.05) is 29.7 Å². The molecule has 0 saturated heterocycles. The Morgan fingerprint density at radius 3 is 2.87 bits per heavy atom. The van der Waals surface area contributed by atoms with E-state index in [2.05, 4.69) is 25.5 Å². The van der Waals surface area contributed by atoms with Crippen LogP contribution < -0.4 is 5.32 Å². The summed E-state index contributed by atoms with van der Waals surface area (Å²) in [6.45, 7) is 0. The summed E-state index contributed by atoms with van der Waals surface area (Å²) in [6, 6.07) is 10.0. The van der Waals surface area contributed by atoms with Crippen LogP contribution in [0.4, 0.5) is 5.69 Å². The summed E-state index contributed by atoms with van der Waals surface area (Å²) in [4.78, 5) is 20.2. The number of aromatic amines is 1. The third-order valence-electron chi connectivity index (χ3n) is 2.88. The van der Waals surface area contributed by atoms with Crippen LogP contribution >= 0.6 is 11.8 Å². The third-order valence-corrected chi connectivity index (χ3v) is 3.73. The molecule has 23 heavy (non-hydrogen) atoms. The zero-order chi connectivity index (χ0) is 16.1. The van der Waals surface area contributed by atoms with Gasteiger partial charge < -0.3 is 10.4 Å². The largest absolute Gasteiger partial charge is 0.508 e. The molecule has 0 fully saturated rings. The Balaban J connectivity index is 1.56. The summed E-state index contributed by atoms with van der Waals surface area (Å²) in [7, 11) is 0. The SMILES string of the molecule is O=C(CSc1n[nH]c(-c2ccncc2)n1)Nc1cccc(O)c1. The van der Waals surface area contributed by atoms with Crippen LogP contribution in [0.5, 0.6) is 5.75 Å². The fourth-order valence-corrected chi connectivity index (χ4v) is 2.46. The van der Waals surface area contributed by atoms with Gasteiger partial charge in [-0.25, -0.2) is 4.98 Å². The molecule has 3 N–H and O–H groups in total.